The van der Waals surface area contributed by atoms with Gasteiger partial charge < -0.3 is 9.73 Å². The SMILES string of the molecule is CC1(NC(=O)C=Cc2ccco2)CCS(=O)(=O)C1. The Hall–Kier alpha value is -1.56. The molecule has 1 atom stereocenters. The Morgan fingerprint density at radius 2 is 2.33 bits per heavy atom. The first-order valence-corrected chi connectivity index (χ1v) is 7.45. The minimum absolute atomic E-state index is 0.000329. The molecule has 6 heteroatoms. The molecule has 1 aliphatic rings. The number of hydrogen-bond acceptors (Lipinski definition) is 4. The van der Waals surface area contributed by atoms with E-state index in [1.807, 2.05) is 0 Å². The summed E-state index contributed by atoms with van der Waals surface area (Å²) in [5.41, 5.74) is -0.663. The molecule has 1 saturated heterocycles. The van der Waals surface area contributed by atoms with Gasteiger partial charge in [-0.25, -0.2) is 8.42 Å². The van der Waals surface area contributed by atoms with Crippen molar-refractivity contribution in [3.8, 4) is 0 Å². The Kier molecular flexibility index (Phi) is 3.30. The van der Waals surface area contributed by atoms with Crippen LogP contribution in [0.15, 0.2) is 28.9 Å². The number of hydrogen-bond donors (Lipinski definition) is 1. The molecule has 0 aliphatic carbocycles. The van der Waals surface area contributed by atoms with Gasteiger partial charge in [-0.05, 0) is 31.6 Å². The molecule has 0 spiro atoms. The molecule has 1 aromatic rings. The lowest BCUT2D eigenvalue weighted by atomic mass is 10.0. The van der Waals surface area contributed by atoms with E-state index >= 15 is 0 Å². The van der Waals surface area contributed by atoms with Gasteiger partial charge in [-0.1, -0.05) is 0 Å². The third-order valence-electron chi connectivity index (χ3n) is 2.87. The molecule has 0 aromatic carbocycles. The number of nitrogens with one attached hydrogen (secondary N) is 1. The molecule has 0 saturated carbocycles. The number of sulfone groups is 1. The van der Waals surface area contributed by atoms with Crippen LogP contribution >= 0.6 is 0 Å². The molecule has 1 aliphatic heterocycles. The van der Waals surface area contributed by atoms with Gasteiger partial charge in [-0.3, -0.25) is 4.79 Å². The molecule has 1 unspecified atom stereocenters. The van der Waals surface area contributed by atoms with E-state index < -0.39 is 15.4 Å². The highest BCUT2D eigenvalue weighted by Gasteiger charge is 2.38. The summed E-state index contributed by atoms with van der Waals surface area (Å²) in [5, 5.41) is 2.73. The number of amides is 1. The Morgan fingerprint density at radius 3 is 2.89 bits per heavy atom. The van der Waals surface area contributed by atoms with Crippen molar-refractivity contribution in [2.45, 2.75) is 18.9 Å². The van der Waals surface area contributed by atoms with E-state index in [0.717, 1.165) is 0 Å². The Bertz CT molecular complexity index is 559. The largest absolute Gasteiger partial charge is 0.465 e. The van der Waals surface area contributed by atoms with Gasteiger partial charge in [-0.15, -0.1) is 0 Å². The number of rotatable bonds is 3. The molecule has 98 valence electrons. The fraction of sp³-hybridized carbons (Fsp3) is 0.417. The predicted molar refractivity (Wildman–Crippen MR) is 67.6 cm³/mol. The standard InChI is InChI=1S/C12H15NO4S/c1-12(6-8-18(15,16)9-12)13-11(14)5-4-10-3-2-7-17-10/h2-5,7H,6,8-9H2,1H3,(H,13,14). The van der Waals surface area contributed by atoms with E-state index in [1.54, 1.807) is 25.1 Å². The van der Waals surface area contributed by atoms with Crippen LogP contribution in [0.5, 0.6) is 0 Å². The lowest BCUT2D eigenvalue weighted by Gasteiger charge is -2.22. The van der Waals surface area contributed by atoms with Crippen LogP contribution in [0.3, 0.4) is 0 Å². The first-order valence-electron chi connectivity index (χ1n) is 5.63. The molecule has 2 rings (SSSR count). The monoisotopic (exact) mass is 269 g/mol. The molecule has 1 aromatic heterocycles. The molecular weight excluding hydrogens is 254 g/mol. The van der Waals surface area contributed by atoms with Crippen LogP contribution < -0.4 is 5.32 Å². The third kappa shape index (κ3) is 3.22. The molecule has 2 heterocycles. The maximum Gasteiger partial charge on any atom is 0.244 e. The lowest BCUT2D eigenvalue weighted by Crippen LogP contribution is -2.46. The zero-order valence-corrected chi connectivity index (χ0v) is 10.9. The fourth-order valence-electron chi connectivity index (χ4n) is 1.99. The van der Waals surface area contributed by atoms with Crippen molar-refractivity contribution in [2.75, 3.05) is 11.5 Å². The number of furan rings is 1. The molecule has 1 N–H and O–H groups in total. The van der Waals surface area contributed by atoms with Gasteiger partial charge in [-0.2, -0.15) is 0 Å². The van der Waals surface area contributed by atoms with Crippen molar-refractivity contribution >= 4 is 21.8 Å². The van der Waals surface area contributed by atoms with Crippen molar-refractivity contribution in [2.24, 2.45) is 0 Å². The second-order valence-electron chi connectivity index (χ2n) is 4.74. The summed E-state index contributed by atoms with van der Waals surface area (Å²) < 4.78 is 27.8. The minimum atomic E-state index is -3.02. The summed E-state index contributed by atoms with van der Waals surface area (Å²) in [6.07, 6.45) is 4.86. The van der Waals surface area contributed by atoms with Crippen molar-refractivity contribution in [3.05, 3.63) is 30.2 Å². The Labute approximate surface area is 106 Å². The lowest BCUT2D eigenvalue weighted by molar-refractivity contribution is -0.117. The first kappa shape index (κ1) is 12.9. The topological polar surface area (TPSA) is 76.4 Å². The predicted octanol–water partition coefficient (Wildman–Crippen LogP) is 0.986. The first-order chi connectivity index (χ1) is 8.39. The normalized spacial score (nSPS) is 26.5. The van der Waals surface area contributed by atoms with Crippen molar-refractivity contribution in [3.63, 3.8) is 0 Å². The summed E-state index contributed by atoms with van der Waals surface area (Å²) in [5.74, 6) is 0.395. The third-order valence-corrected chi connectivity index (χ3v) is 4.77. The zero-order valence-electron chi connectivity index (χ0n) is 10.0. The zero-order chi connectivity index (χ0) is 13.2. The van der Waals surface area contributed by atoms with Gasteiger partial charge in [0.25, 0.3) is 0 Å². The highest BCUT2D eigenvalue weighted by atomic mass is 32.2. The van der Waals surface area contributed by atoms with Crippen molar-refractivity contribution in [1.82, 2.24) is 5.32 Å². The van der Waals surface area contributed by atoms with Crippen LogP contribution in [0.4, 0.5) is 0 Å². The average molecular weight is 269 g/mol. The molecule has 18 heavy (non-hydrogen) atoms. The molecule has 1 amide bonds. The minimum Gasteiger partial charge on any atom is -0.465 e. The van der Waals surface area contributed by atoms with E-state index in [4.69, 9.17) is 4.42 Å². The van der Waals surface area contributed by atoms with Crippen molar-refractivity contribution in [1.29, 1.82) is 0 Å². The average Bonchev–Trinajstić information content (AvgIpc) is 2.84. The molecular formula is C12H15NO4S. The molecule has 1 fully saturated rings. The Balaban J connectivity index is 1.96. The van der Waals surface area contributed by atoms with E-state index in [0.29, 0.717) is 12.2 Å². The van der Waals surface area contributed by atoms with E-state index in [2.05, 4.69) is 5.32 Å². The van der Waals surface area contributed by atoms with Crippen LogP contribution in [0.1, 0.15) is 19.1 Å². The smallest absolute Gasteiger partial charge is 0.244 e. The molecule has 0 bridgehead atoms. The second kappa shape index (κ2) is 4.61. The second-order valence-corrected chi connectivity index (χ2v) is 6.92. The summed E-state index contributed by atoms with van der Waals surface area (Å²) >= 11 is 0. The van der Waals surface area contributed by atoms with Gasteiger partial charge >= 0.3 is 0 Å². The van der Waals surface area contributed by atoms with E-state index in [1.165, 1.54) is 12.3 Å². The highest BCUT2D eigenvalue weighted by Crippen LogP contribution is 2.22. The van der Waals surface area contributed by atoms with Crippen LogP contribution in [0, 0.1) is 0 Å². The quantitative estimate of drug-likeness (QED) is 0.830. The maximum absolute atomic E-state index is 11.7. The summed E-state index contributed by atoms with van der Waals surface area (Å²) in [4.78, 5) is 11.7. The van der Waals surface area contributed by atoms with Gasteiger partial charge in [0.2, 0.25) is 5.91 Å². The van der Waals surface area contributed by atoms with Gasteiger partial charge in [0, 0.05) is 6.08 Å². The number of carbonyl (C=O) groups excluding carboxylic acids is 1. The van der Waals surface area contributed by atoms with E-state index in [-0.39, 0.29) is 17.4 Å². The van der Waals surface area contributed by atoms with Gasteiger partial charge in [0.05, 0.1) is 23.3 Å². The van der Waals surface area contributed by atoms with Crippen LogP contribution in [-0.4, -0.2) is 31.4 Å². The fourth-order valence-corrected chi connectivity index (χ4v) is 4.09. The van der Waals surface area contributed by atoms with Crippen LogP contribution in [0.25, 0.3) is 6.08 Å². The van der Waals surface area contributed by atoms with Gasteiger partial charge in [0.1, 0.15) is 5.76 Å². The summed E-state index contributed by atoms with van der Waals surface area (Å²) in [6.45, 7) is 1.75. The van der Waals surface area contributed by atoms with Crippen LogP contribution in [-0.2, 0) is 14.6 Å². The van der Waals surface area contributed by atoms with Crippen LogP contribution in [0.2, 0.25) is 0 Å². The molecule has 5 nitrogen and oxygen atoms in total. The number of carbonyl (C=O) groups is 1. The summed E-state index contributed by atoms with van der Waals surface area (Å²) in [7, 11) is -3.02. The highest BCUT2D eigenvalue weighted by molar-refractivity contribution is 7.91. The van der Waals surface area contributed by atoms with Gasteiger partial charge in [0.15, 0.2) is 9.84 Å². The van der Waals surface area contributed by atoms with E-state index in [9.17, 15) is 13.2 Å². The summed E-state index contributed by atoms with van der Waals surface area (Å²) in [6, 6.07) is 3.45. The molecule has 0 radical (unpaired) electrons. The Morgan fingerprint density at radius 1 is 1.56 bits per heavy atom. The van der Waals surface area contributed by atoms with Crippen molar-refractivity contribution < 1.29 is 17.6 Å². The maximum atomic E-state index is 11.7.